The van der Waals surface area contributed by atoms with Gasteiger partial charge in [-0.3, -0.25) is 9.69 Å². The molecule has 0 atom stereocenters. The Morgan fingerprint density at radius 3 is 2.62 bits per heavy atom. The van der Waals surface area contributed by atoms with E-state index in [1.165, 1.54) is 0 Å². The van der Waals surface area contributed by atoms with Crippen LogP contribution in [0.5, 0.6) is 0 Å². The number of carbonyl (C=O) groups excluding carboxylic acids is 1. The van der Waals surface area contributed by atoms with E-state index in [1.807, 2.05) is 6.92 Å². The maximum atomic E-state index is 11.0. The van der Waals surface area contributed by atoms with Crippen molar-refractivity contribution in [2.75, 3.05) is 39.3 Å². The number of hydrogen-bond donors (Lipinski definition) is 1. The molecule has 0 spiro atoms. The number of hydrogen-bond acceptors (Lipinski definition) is 4. The van der Waals surface area contributed by atoms with Crippen molar-refractivity contribution in [2.45, 2.75) is 6.92 Å². The van der Waals surface area contributed by atoms with E-state index in [0.29, 0.717) is 13.2 Å². The van der Waals surface area contributed by atoms with E-state index < -0.39 is 0 Å². The van der Waals surface area contributed by atoms with Gasteiger partial charge in [0.1, 0.15) is 0 Å². The molecule has 1 aliphatic heterocycles. The fourth-order valence-electron chi connectivity index (χ4n) is 1.26. The van der Waals surface area contributed by atoms with Crippen molar-refractivity contribution in [2.24, 2.45) is 0 Å². The Balaban J connectivity index is 0.00000144. The molecule has 0 aliphatic carbocycles. The van der Waals surface area contributed by atoms with Gasteiger partial charge < -0.3 is 10.1 Å². The third-order valence-corrected chi connectivity index (χ3v) is 1.87. The largest absolute Gasteiger partial charge is 0.465 e. The van der Waals surface area contributed by atoms with Crippen molar-refractivity contribution in [1.82, 2.24) is 10.2 Å². The van der Waals surface area contributed by atoms with Crippen LogP contribution in [0.15, 0.2) is 0 Å². The first-order chi connectivity index (χ1) is 5.83. The maximum Gasteiger partial charge on any atom is 0.320 e. The second-order valence-electron chi connectivity index (χ2n) is 2.83. The van der Waals surface area contributed by atoms with Gasteiger partial charge >= 0.3 is 5.97 Å². The van der Waals surface area contributed by atoms with Crippen molar-refractivity contribution < 1.29 is 9.53 Å². The second kappa shape index (κ2) is 7.12. The predicted octanol–water partition coefficient (Wildman–Crippen LogP) is -0.123. The van der Waals surface area contributed by atoms with Crippen LogP contribution in [0.2, 0.25) is 0 Å². The summed E-state index contributed by atoms with van der Waals surface area (Å²) in [5, 5.41) is 3.23. The summed E-state index contributed by atoms with van der Waals surface area (Å²) in [5.74, 6) is -0.112. The van der Waals surface area contributed by atoms with Crippen molar-refractivity contribution in [3.8, 4) is 0 Å². The first-order valence-electron chi connectivity index (χ1n) is 4.41. The average Bonchev–Trinajstić information content (AvgIpc) is 2.06. The standard InChI is InChI=1S/C8H16N2O2.ClH/c1-2-12-8(11)7-10-5-3-9-4-6-10;/h9H,2-7H2,1H3;1H. The molecule has 0 saturated carbocycles. The Kier molecular flexibility index (Phi) is 6.94. The van der Waals surface area contributed by atoms with Gasteiger partial charge in [-0.15, -0.1) is 12.4 Å². The molecule has 1 rings (SSSR count). The Morgan fingerprint density at radius 2 is 2.08 bits per heavy atom. The van der Waals surface area contributed by atoms with Crippen LogP contribution in [0.4, 0.5) is 0 Å². The normalized spacial score (nSPS) is 17.6. The van der Waals surface area contributed by atoms with Gasteiger partial charge in [-0.2, -0.15) is 0 Å². The van der Waals surface area contributed by atoms with E-state index in [4.69, 9.17) is 4.74 Å². The third kappa shape index (κ3) is 5.08. The molecular formula is C8H17ClN2O2. The summed E-state index contributed by atoms with van der Waals surface area (Å²) in [6.07, 6.45) is 0. The van der Waals surface area contributed by atoms with Crippen LogP contribution < -0.4 is 5.32 Å². The van der Waals surface area contributed by atoms with Crippen LogP contribution in [0.25, 0.3) is 0 Å². The van der Waals surface area contributed by atoms with Crippen LogP contribution in [0.3, 0.4) is 0 Å². The molecular weight excluding hydrogens is 192 g/mol. The molecule has 0 unspecified atom stereocenters. The highest BCUT2D eigenvalue weighted by Gasteiger charge is 2.13. The summed E-state index contributed by atoms with van der Waals surface area (Å²) < 4.78 is 4.84. The minimum atomic E-state index is -0.112. The lowest BCUT2D eigenvalue weighted by Gasteiger charge is -2.25. The van der Waals surface area contributed by atoms with Gasteiger partial charge in [0.05, 0.1) is 13.2 Å². The summed E-state index contributed by atoms with van der Waals surface area (Å²) >= 11 is 0. The number of ether oxygens (including phenoxy) is 1. The molecule has 13 heavy (non-hydrogen) atoms. The van der Waals surface area contributed by atoms with Crippen LogP contribution in [0.1, 0.15) is 6.92 Å². The lowest BCUT2D eigenvalue weighted by Crippen LogP contribution is -2.45. The highest BCUT2D eigenvalue weighted by molar-refractivity contribution is 5.85. The fraction of sp³-hybridized carbons (Fsp3) is 0.875. The van der Waals surface area contributed by atoms with Crippen LogP contribution in [-0.2, 0) is 9.53 Å². The molecule has 0 aromatic heterocycles. The number of carbonyl (C=O) groups is 1. The first kappa shape index (κ1) is 12.7. The van der Waals surface area contributed by atoms with E-state index in [1.54, 1.807) is 0 Å². The highest BCUT2D eigenvalue weighted by atomic mass is 35.5. The lowest BCUT2D eigenvalue weighted by atomic mass is 10.3. The summed E-state index contributed by atoms with van der Waals surface area (Å²) in [7, 11) is 0. The zero-order valence-corrected chi connectivity index (χ0v) is 8.73. The second-order valence-corrected chi connectivity index (χ2v) is 2.83. The monoisotopic (exact) mass is 208 g/mol. The molecule has 78 valence electrons. The quantitative estimate of drug-likeness (QED) is 0.657. The molecule has 1 aliphatic rings. The van der Waals surface area contributed by atoms with E-state index in [-0.39, 0.29) is 18.4 Å². The van der Waals surface area contributed by atoms with Gasteiger partial charge in [0.15, 0.2) is 0 Å². The van der Waals surface area contributed by atoms with Gasteiger partial charge in [0.25, 0.3) is 0 Å². The van der Waals surface area contributed by atoms with Crippen LogP contribution >= 0.6 is 12.4 Å². The Bertz CT molecular complexity index is 149. The van der Waals surface area contributed by atoms with Crippen LogP contribution in [0, 0.1) is 0 Å². The summed E-state index contributed by atoms with van der Waals surface area (Å²) in [6.45, 7) is 6.58. The first-order valence-corrected chi connectivity index (χ1v) is 4.41. The van der Waals surface area contributed by atoms with Gasteiger partial charge in [0, 0.05) is 26.2 Å². The minimum absolute atomic E-state index is 0. The van der Waals surface area contributed by atoms with Crippen molar-refractivity contribution in [1.29, 1.82) is 0 Å². The van der Waals surface area contributed by atoms with Crippen molar-refractivity contribution in [3.63, 3.8) is 0 Å². The van der Waals surface area contributed by atoms with E-state index in [0.717, 1.165) is 26.2 Å². The zero-order chi connectivity index (χ0) is 8.81. The molecule has 1 saturated heterocycles. The summed E-state index contributed by atoms with van der Waals surface area (Å²) in [4.78, 5) is 13.1. The molecule has 0 aromatic carbocycles. The molecule has 1 heterocycles. The molecule has 4 nitrogen and oxygen atoms in total. The van der Waals surface area contributed by atoms with Gasteiger partial charge in [-0.05, 0) is 6.92 Å². The smallest absolute Gasteiger partial charge is 0.320 e. The Hall–Kier alpha value is -0.320. The molecule has 0 amide bonds. The van der Waals surface area contributed by atoms with E-state index >= 15 is 0 Å². The lowest BCUT2D eigenvalue weighted by molar-refractivity contribution is -0.144. The van der Waals surface area contributed by atoms with E-state index in [9.17, 15) is 4.79 Å². The topological polar surface area (TPSA) is 41.6 Å². The predicted molar refractivity (Wildman–Crippen MR) is 53.2 cm³/mol. The maximum absolute atomic E-state index is 11.0. The van der Waals surface area contributed by atoms with Gasteiger partial charge in [0.2, 0.25) is 0 Å². The fourth-order valence-corrected chi connectivity index (χ4v) is 1.26. The average molecular weight is 209 g/mol. The molecule has 0 aromatic rings. The SMILES string of the molecule is CCOC(=O)CN1CCNCC1.Cl. The molecule has 5 heteroatoms. The Morgan fingerprint density at radius 1 is 1.46 bits per heavy atom. The van der Waals surface area contributed by atoms with Gasteiger partial charge in [-0.1, -0.05) is 0 Å². The number of rotatable bonds is 3. The van der Waals surface area contributed by atoms with E-state index in [2.05, 4.69) is 10.2 Å². The number of nitrogens with one attached hydrogen (secondary N) is 1. The minimum Gasteiger partial charge on any atom is -0.465 e. The third-order valence-electron chi connectivity index (χ3n) is 1.87. The van der Waals surface area contributed by atoms with Crippen molar-refractivity contribution >= 4 is 18.4 Å². The van der Waals surface area contributed by atoms with Crippen molar-refractivity contribution in [3.05, 3.63) is 0 Å². The zero-order valence-electron chi connectivity index (χ0n) is 7.91. The summed E-state index contributed by atoms with van der Waals surface area (Å²) in [6, 6.07) is 0. The Labute approximate surface area is 85.0 Å². The summed E-state index contributed by atoms with van der Waals surface area (Å²) in [5.41, 5.74) is 0. The highest BCUT2D eigenvalue weighted by Crippen LogP contribution is 1.92. The number of piperazine rings is 1. The number of halogens is 1. The van der Waals surface area contributed by atoms with Gasteiger partial charge in [-0.25, -0.2) is 0 Å². The molecule has 0 bridgehead atoms. The van der Waals surface area contributed by atoms with Crippen LogP contribution in [-0.4, -0.2) is 50.2 Å². The molecule has 1 fully saturated rings. The molecule has 0 radical (unpaired) electrons. The molecule has 1 N–H and O–H groups in total. The number of esters is 1. The number of nitrogens with zero attached hydrogens (tertiary/aromatic N) is 1.